The third-order valence-electron chi connectivity index (χ3n) is 4.16. The Balaban J connectivity index is 1.67. The molecule has 0 N–H and O–H groups in total. The average Bonchev–Trinajstić information content (AvgIpc) is 2.57. The molecule has 1 fully saturated rings. The molecule has 0 saturated carbocycles. The monoisotopic (exact) mass is 339 g/mol. The summed E-state index contributed by atoms with van der Waals surface area (Å²) in [7, 11) is 1.71. The predicted molar refractivity (Wildman–Crippen MR) is 92.0 cm³/mol. The van der Waals surface area contributed by atoms with Crippen molar-refractivity contribution in [3.63, 3.8) is 0 Å². The molecule has 0 bridgehead atoms. The molecule has 23 heavy (non-hydrogen) atoms. The van der Waals surface area contributed by atoms with E-state index in [0.29, 0.717) is 11.4 Å². The quantitative estimate of drug-likeness (QED) is 0.674. The third-order valence-corrected chi connectivity index (χ3v) is 4.48. The number of amides is 1. The Labute approximate surface area is 143 Å². The van der Waals surface area contributed by atoms with Crippen molar-refractivity contribution in [2.24, 2.45) is 0 Å². The second kappa shape index (κ2) is 9.78. The minimum absolute atomic E-state index is 0.139. The molecule has 0 aromatic heterocycles. The van der Waals surface area contributed by atoms with E-state index < -0.39 is 0 Å². The van der Waals surface area contributed by atoms with Crippen LogP contribution >= 0.6 is 11.6 Å². The number of unbranched alkanes of at least 4 members (excludes halogenated alkanes) is 2. The summed E-state index contributed by atoms with van der Waals surface area (Å²) in [6, 6.07) is 7.53. The number of carbonyl (C=O) groups is 1. The van der Waals surface area contributed by atoms with Gasteiger partial charge in [-0.1, -0.05) is 30.2 Å². The predicted octanol–water partition coefficient (Wildman–Crippen LogP) is 3.92. The maximum atomic E-state index is 12.2. The maximum absolute atomic E-state index is 12.2. The van der Waals surface area contributed by atoms with Crippen molar-refractivity contribution >= 4 is 17.5 Å². The Hall–Kier alpha value is -1.26. The number of methoxy groups -OCH3 is 1. The van der Waals surface area contributed by atoms with Crippen LogP contribution in [0.4, 0.5) is 0 Å². The topological polar surface area (TPSA) is 38.8 Å². The van der Waals surface area contributed by atoms with Crippen LogP contribution in [-0.2, 0) is 9.53 Å². The first-order valence-electron chi connectivity index (χ1n) is 8.38. The molecule has 1 heterocycles. The first-order valence-corrected chi connectivity index (χ1v) is 8.76. The van der Waals surface area contributed by atoms with E-state index in [0.717, 1.165) is 57.6 Å². The summed E-state index contributed by atoms with van der Waals surface area (Å²) in [6.07, 6.45) is 5.52. The van der Waals surface area contributed by atoms with Gasteiger partial charge in [0.25, 0.3) is 0 Å². The van der Waals surface area contributed by atoms with E-state index in [2.05, 4.69) is 0 Å². The summed E-state index contributed by atoms with van der Waals surface area (Å²) in [5.41, 5.74) is 0. The first kappa shape index (κ1) is 18.1. The lowest BCUT2D eigenvalue weighted by Crippen LogP contribution is -2.41. The second-order valence-corrected chi connectivity index (χ2v) is 6.34. The molecule has 1 aliphatic rings. The summed E-state index contributed by atoms with van der Waals surface area (Å²) in [5.74, 6) is 0.996. The van der Waals surface area contributed by atoms with Crippen LogP contribution in [0, 0.1) is 0 Å². The lowest BCUT2D eigenvalue weighted by Gasteiger charge is -2.32. The molecular weight excluding hydrogens is 314 g/mol. The van der Waals surface area contributed by atoms with Gasteiger partial charge < -0.3 is 14.4 Å². The number of likely N-dealkylation sites (tertiary alicyclic amines) is 1. The summed E-state index contributed by atoms with van der Waals surface area (Å²) < 4.78 is 11.0. The van der Waals surface area contributed by atoms with E-state index in [1.54, 1.807) is 7.11 Å². The minimum atomic E-state index is 0.139. The molecule has 0 atom stereocenters. The van der Waals surface area contributed by atoms with Crippen LogP contribution < -0.4 is 4.74 Å². The normalized spacial score (nSPS) is 15.7. The van der Waals surface area contributed by atoms with Crippen LogP contribution in [0.5, 0.6) is 5.75 Å². The molecule has 0 unspecified atom stereocenters. The van der Waals surface area contributed by atoms with Gasteiger partial charge in [0.2, 0.25) is 5.91 Å². The zero-order valence-corrected chi connectivity index (χ0v) is 14.6. The fourth-order valence-electron chi connectivity index (χ4n) is 2.80. The highest BCUT2D eigenvalue weighted by Crippen LogP contribution is 2.26. The summed E-state index contributed by atoms with van der Waals surface area (Å²) >= 11 is 6.12. The maximum Gasteiger partial charge on any atom is 0.222 e. The molecule has 1 saturated heterocycles. The number of hydrogen-bond donors (Lipinski definition) is 0. The van der Waals surface area contributed by atoms with E-state index in [4.69, 9.17) is 21.1 Å². The number of nitrogens with zero attached hydrogens (tertiary/aromatic N) is 1. The Morgan fingerprint density at radius 3 is 2.65 bits per heavy atom. The SMILES string of the molecule is COCCCCCC(=O)N1CCC(Oc2ccccc2Cl)CC1. The molecule has 0 aliphatic carbocycles. The number of hydrogen-bond acceptors (Lipinski definition) is 3. The highest BCUT2D eigenvalue weighted by Gasteiger charge is 2.23. The van der Waals surface area contributed by atoms with E-state index in [-0.39, 0.29) is 12.0 Å². The number of piperidine rings is 1. The van der Waals surface area contributed by atoms with Crippen molar-refractivity contribution in [2.75, 3.05) is 26.8 Å². The Kier molecular flexibility index (Phi) is 7.69. The van der Waals surface area contributed by atoms with Crippen molar-refractivity contribution in [2.45, 2.75) is 44.6 Å². The van der Waals surface area contributed by atoms with Gasteiger partial charge in [-0.15, -0.1) is 0 Å². The van der Waals surface area contributed by atoms with Gasteiger partial charge in [-0.05, 0) is 25.0 Å². The van der Waals surface area contributed by atoms with E-state index in [1.165, 1.54) is 0 Å². The molecule has 4 nitrogen and oxygen atoms in total. The van der Waals surface area contributed by atoms with Crippen LogP contribution in [0.2, 0.25) is 5.02 Å². The molecule has 1 aliphatic heterocycles. The van der Waals surface area contributed by atoms with Crippen LogP contribution in [0.15, 0.2) is 24.3 Å². The van der Waals surface area contributed by atoms with Crippen molar-refractivity contribution in [1.82, 2.24) is 4.90 Å². The number of carbonyl (C=O) groups excluding carboxylic acids is 1. The fraction of sp³-hybridized carbons (Fsp3) is 0.611. The standard InChI is InChI=1S/C18H26ClNO3/c1-22-14-6-2-3-9-18(21)20-12-10-15(11-13-20)23-17-8-5-4-7-16(17)19/h4-5,7-8,15H,2-3,6,9-14H2,1H3. The lowest BCUT2D eigenvalue weighted by atomic mass is 10.1. The van der Waals surface area contributed by atoms with Gasteiger partial charge in [-0.2, -0.15) is 0 Å². The Morgan fingerprint density at radius 2 is 1.96 bits per heavy atom. The van der Waals surface area contributed by atoms with Gasteiger partial charge >= 0.3 is 0 Å². The van der Waals surface area contributed by atoms with Crippen LogP contribution in [-0.4, -0.2) is 43.7 Å². The third kappa shape index (κ3) is 6.04. The number of ether oxygens (including phenoxy) is 2. The Bertz CT molecular complexity index is 487. The van der Waals surface area contributed by atoms with Gasteiger partial charge in [-0.3, -0.25) is 4.79 Å². The van der Waals surface area contributed by atoms with Crippen molar-refractivity contribution in [3.05, 3.63) is 29.3 Å². The van der Waals surface area contributed by atoms with E-state index >= 15 is 0 Å². The van der Waals surface area contributed by atoms with Gasteiger partial charge in [0, 0.05) is 46.1 Å². The minimum Gasteiger partial charge on any atom is -0.489 e. The zero-order chi connectivity index (χ0) is 16.5. The molecule has 2 rings (SSSR count). The molecular formula is C18H26ClNO3. The fourth-order valence-corrected chi connectivity index (χ4v) is 2.98. The van der Waals surface area contributed by atoms with E-state index in [9.17, 15) is 4.79 Å². The van der Waals surface area contributed by atoms with Crippen molar-refractivity contribution < 1.29 is 14.3 Å². The van der Waals surface area contributed by atoms with Gasteiger partial charge in [-0.25, -0.2) is 0 Å². The highest BCUT2D eigenvalue weighted by molar-refractivity contribution is 6.32. The lowest BCUT2D eigenvalue weighted by molar-refractivity contribution is -0.133. The average molecular weight is 340 g/mol. The number of rotatable bonds is 8. The number of benzene rings is 1. The van der Waals surface area contributed by atoms with Gasteiger partial charge in [0.15, 0.2) is 0 Å². The van der Waals surface area contributed by atoms with Crippen molar-refractivity contribution in [1.29, 1.82) is 0 Å². The molecule has 1 aromatic carbocycles. The zero-order valence-electron chi connectivity index (χ0n) is 13.8. The van der Waals surface area contributed by atoms with Crippen LogP contribution in [0.1, 0.15) is 38.5 Å². The molecule has 5 heteroatoms. The Morgan fingerprint density at radius 1 is 1.22 bits per heavy atom. The van der Waals surface area contributed by atoms with Crippen LogP contribution in [0.3, 0.4) is 0 Å². The number of halogens is 1. The summed E-state index contributed by atoms with van der Waals surface area (Å²) in [6.45, 7) is 2.32. The smallest absolute Gasteiger partial charge is 0.222 e. The van der Waals surface area contributed by atoms with Gasteiger partial charge in [0.05, 0.1) is 5.02 Å². The molecule has 0 spiro atoms. The van der Waals surface area contributed by atoms with Gasteiger partial charge in [0.1, 0.15) is 11.9 Å². The van der Waals surface area contributed by atoms with E-state index in [1.807, 2.05) is 29.2 Å². The molecule has 1 aromatic rings. The second-order valence-electron chi connectivity index (χ2n) is 5.93. The molecule has 1 amide bonds. The summed E-state index contributed by atoms with van der Waals surface area (Å²) in [5, 5.41) is 0.641. The molecule has 128 valence electrons. The number of para-hydroxylation sites is 1. The summed E-state index contributed by atoms with van der Waals surface area (Å²) in [4.78, 5) is 14.1. The first-order chi connectivity index (χ1) is 11.2. The molecule has 0 radical (unpaired) electrons. The van der Waals surface area contributed by atoms with Crippen LogP contribution in [0.25, 0.3) is 0 Å². The van der Waals surface area contributed by atoms with Crippen molar-refractivity contribution in [3.8, 4) is 5.75 Å². The largest absolute Gasteiger partial charge is 0.489 e. The highest BCUT2D eigenvalue weighted by atomic mass is 35.5.